The van der Waals surface area contributed by atoms with Crippen molar-refractivity contribution in [2.24, 2.45) is 4.99 Å². The highest BCUT2D eigenvalue weighted by atomic mass is 16.6. The minimum atomic E-state index is -1.39. The maximum Gasteiger partial charge on any atom is 0.416 e. The number of nitrogens with zero attached hydrogens (tertiary/aromatic N) is 4. The highest BCUT2D eigenvalue weighted by Crippen LogP contribution is 2.37. The number of fused-ring (bicyclic) bond motifs is 1. The van der Waals surface area contributed by atoms with Crippen molar-refractivity contribution in [2.75, 3.05) is 7.11 Å². The second-order valence-corrected chi connectivity index (χ2v) is 5.19. The molecule has 3 rings (SSSR count). The lowest BCUT2D eigenvalue weighted by atomic mass is 9.93. The molecule has 0 radical (unpaired) electrons. The van der Waals surface area contributed by atoms with E-state index >= 15 is 0 Å². The number of hydrogen-bond donors (Lipinski definition) is 2. The van der Waals surface area contributed by atoms with Crippen molar-refractivity contribution in [1.29, 1.82) is 0 Å². The zero-order valence-corrected chi connectivity index (χ0v) is 13.3. The predicted octanol–water partition coefficient (Wildman–Crippen LogP) is 2.01. The highest BCUT2D eigenvalue weighted by molar-refractivity contribution is 5.98. The Morgan fingerprint density at radius 1 is 1.28 bits per heavy atom. The Morgan fingerprint density at radius 2 is 2.00 bits per heavy atom. The van der Waals surface area contributed by atoms with Crippen LogP contribution in [-0.2, 0) is 9.53 Å². The number of amides is 1. The standard InChI is InChI=1S/C15H14N4O6/c1-3-8-11(13(20)21)12(19(15(22)23)14(16-8)24-2)7-4-5-9-10(6-7)18-25-17-9/h4-6,12H,3H2,1-2H3,(H,20,21)(H,22,23). The number of methoxy groups -OCH3 is 1. The van der Waals surface area contributed by atoms with Crippen molar-refractivity contribution in [3.05, 3.63) is 35.0 Å². The number of carboxylic acids is 1. The molecule has 0 saturated heterocycles. The molecule has 2 N–H and O–H groups in total. The summed E-state index contributed by atoms with van der Waals surface area (Å²) < 4.78 is 9.70. The molecule has 0 aliphatic carbocycles. The van der Waals surface area contributed by atoms with Crippen molar-refractivity contribution in [1.82, 2.24) is 15.2 Å². The van der Waals surface area contributed by atoms with E-state index in [-0.39, 0.29) is 17.3 Å². The molecule has 0 bridgehead atoms. The van der Waals surface area contributed by atoms with Crippen molar-refractivity contribution >= 4 is 29.1 Å². The van der Waals surface area contributed by atoms with E-state index in [1.165, 1.54) is 13.2 Å². The Bertz CT molecular complexity index is 916. The van der Waals surface area contributed by atoms with Crippen LogP contribution in [0.1, 0.15) is 24.9 Å². The minimum Gasteiger partial charge on any atom is -0.478 e. The van der Waals surface area contributed by atoms with Crippen LogP contribution in [0.3, 0.4) is 0 Å². The molecule has 10 nitrogen and oxygen atoms in total. The lowest BCUT2D eigenvalue weighted by molar-refractivity contribution is -0.133. The molecule has 130 valence electrons. The van der Waals surface area contributed by atoms with Crippen LogP contribution in [0.25, 0.3) is 11.0 Å². The Morgan fingerprint density at radius 3 is 2.60 bits per heavy atom. The molecule has 1 amide bonds. The van der Waals surface area contributed by atoms with Crippen LogP contribution in [0, 0.1) is 0 Å². The minimum absolute atomic E-state index is 0.137. The number of benzene rings is 1. The number of hydrogen-bond acceptors (Lipinski definition) is 7. The summed E-state index contributed by atoms with van der Waals surface area (Å²) >= 11 is 0. The monoisotopic (exact) mass is 346 g/mol. The van der Waals surface area contributed by atoms with Gasteiger partial charge < -0.3 is 14.9 Å². The van der Waals surface area contributed by atoms with Crippen LogP contribution >= 0.6 is 0 Å². The fourth-order valence-corrected chi connectivity index (χ4v) is 2.76. The van der Waals surface area contributed by atoms with E-state index in [2.05, 4.69) is 19.9 Å². The van der Waals surface area contributed by atoms with Crippen LogP contribution in [-0.4, -0.2) is 50.6 Å². The topological polar surface area (TPSA) is 138 Å². The summed E-state index contributed by atoms with van der Waals surface area (Å²) in [5.74, 6) is -1.26. The van der Waals surface area contributed by atoms with Gasteiger partial charge in [0.2, 0.25) is 0 Å². The van der Waals surface area contributed by atoms with E-state index in [9.17, 15) is 19.8 Å². The summed E-state index contributed by atoms with van der Waals surface area (Å²) in [7, 11) is 1.27. The number of allylic oxidation sites excluding steroid dienone is 1. The molecule has 2 aromatic rings. The van der Waals surface area contributed by atoms with Gasteiger partial charge in [0.05, 0.1) is 18.4 Å². The normalized spacial score (nSPS) is 17.6. The molecule has 1 aromatic heterocycles. The molecular formula is C15H14N4O6. The molecule has 1 aliphatic heterocycles. The third-order valence-corrected chi connectivity index (χ3v) is 3.83. The molecular weight excluding hydrogens is 332 g/mol. The second kappa shape index (κ2) is 6.23. The van der Waals surface area contributed by atoms with Gasteiger partial charge in [-0.3, -0.25) is 0 Å². The molecule has 1 atom stereocenters. The van der Waals surface area contributed by atoms with Gasteiger partial charge in [0, 0.05) is 0 Å². The number of aliphatic carboxylic acids is 1. The first kappa shape index (κ1) is 16.4. The van der Waals surface area contributed by atoms with Crippen molar-refractivity contribution in [3.8, 4) is 0 Å². The van der Waals surface area contributed by atoms with Crippen LogP contribution in [0.2, 0.25) is 0 Å². The lowest BCUT2D eigenvalue weighted by Crippen LogP contribution is -2.44. The van der Waals surface area contributed by atoms with Crippen LogP contribution in [0.15, 0.2) is 39.1 Å². The van der Waals surface area contributed by atoms with Crippen LogP contribution < -0.4 is 0 Å². The first-order valence-corrected chi connectivity index (χ1v) is 7.31. The molecule has 0 saturated carbocycles. The number of amidine groups is 1. The number of carboxylic acid groups (broad SMARTS) is 2. The second-order valence-electron chi connectivity index (χ2n) is 5.19. The number of aromatic nitrogens is 2. The lowest BCUT2D eigenvalue weighted by Gasteiger charge is -2.33. The largest absolute Gasteiger partial charge is 0.478 e. The maximum absolute atomic E-state index is 11.9. The number of ether oxygens (including phenoxy) is 1. The van der Waals surface area contributed by atoms with E-state index in [4.69, 9.17) is 4.74 Å². The SMILES string of the molecule is CCC1=C(C(=O)O)C(c2ccc3nonc3c2)N(C(=O)O)C(OC)=N1. The third kappa shape index (κ3) is 2.67. The van der Waals surface area contributed by atoms with Gasteiger partial charge in [-0.15, -0.1) is 0 Å². The average Bonchev–Trinajstić information content (AvgIpc) is 3.06. The zero-order valence-electron chi connectivity index (χ0n) is 13.3. The van der Waals surface area contributed by atoms with Gasteiger partial charge in [0.15, 0.2) is 0 Å². The van der Waals surface area contributed by atoms with Gasteiger partial charge in [0.1, 0.15) is 17.1 Å². The van der Waals surface area contributed by atoms with Gasteiger partial charge in [0.25, 0.3) is 0 Å². The highest BCUT2D eigenvalue weighted by Gasteiger charge is 2.41. The fourth-order valence-electron chi connectivity index (χ4n) is 2.76. The van der Waals surface area contributed by atoms with Crippen molar-refractivity contribution < 1.29 is 29.2 Å². The van der Waals surface area contributed by atoms with Gasteiger partial charge in [-0.25, -0.2) is 24.1 Å². The molecule has 1 aliphatic rings. The Hall–Kier alpha value is -3.43. The Balaban J connectivity index is 2.26. The van der Waals surface area contributed by atoms with Gasteiger partial charge in [-0.2, -0.15) is 0 Å². The van der Waals surface area contributed by atoms with E-state index in [0.29, 0.717) is 23.0 Å². The van der Waals surface area contributed by atoms with Gasteiger partial charge in [-0.1, -0.05) is 13.0 Å². The third-order valence-electron chi connectivity index (χ3n) is 3.83. The van der Waals surface area contributed by atoms with E-state index < -0.39 is 18.1 Å². The van der Waals surface area contributed by atoms with Crippen molar-refractivity contribution in [3.63, 3.8) is 0 Å². The number of rotatable bonds is 3. The molecule has 10 heteroatoms. The molecule has 1 unspecified atom stereocenters. The van der Waals surface area contributed by atoms with Crippen LogP contribution in [0.5, 0.6) is 0 Å². The summed E-state index contributed by atoms with van der Waals surface area (Å²) in [5.41, 5.74) is 1.34. The Kier molecular flexibility index (Phi) is 4.09. The maximum atomic E-state index is 11.9. The van der Waals surface area contributed by atoms with Gasteiger partial charge >= 0.3 is 18.1 Å². The Labute approximate surface area is 141 Å². The smallest absolute Gasteiger partial charge is 0.416 e. The zero-order chi connectivity index (χ0) is 18.1. The first-order valence-electron chi connectivity index (χ1n) is 7.31. The molecule has 0 fully saturated rings. The molecule has 0 spiro atoms. The average molecular weight is 346 g/mol. The summed E-state index contributed by atoms with van der Waals surface area (Å²) in [5, 5.41) is 26.7. The summed E-state index contributed by atoms with van der Waals surface area (Å²) in [4.78, 5) is 28.5. The quantitative estimate of drug-likeness (QED) is 0.860. The van der Waals surface area contributed by atoms with Gasteiger partial charge in [-0.05, 0) is 34.4 Å². The molecule has 2 heterocycles. The molecule has 25 heavy (non-hydrogen) atoms. The predicted molar refractivity (Wildman–Crippen MR) is 83.8 cm³/mol. The summed E-state index contributed by atoms with van der Waals surface area (Å²) in [6.45, 7) is 1.73. The number of carbonyl (C=O) groups is 2. The van der Waals surface area contributed by atoms with Crippen LogP contribution in [0.4, 0.5) is 4.79 Å². The van der Waals surface area contributed by atoms with E-state index in [1.54, 1.807) is 19.1 Å². The molecule has 1 aromatic carbocycles. The van der Waals surface area contributed by atoms with E-state index in [1.807, 2.05) is 0 Å². The summed E-state index contributed by atoms with van der Waals surface area (Å²) in [6, 6.07) is 3.34. The number of aliphatic imine (C=N–C) groups is 1. The van der Waals surface area contributed by atoms with Crippen molar-refractivity contribution in [2.45, 2.75) is 19.4 Å². The summed E-state index contributed by atoms with van der Waals surface area (Å²) in [6.07, 6.45) is -1.09. The first-order chi connectivity index (χ1) is 12.0. The fraction of sp³-hybridized carbons (Fsp3) is 0.267. The van der Waals surface area contributed by atoms with E-state index in [0.717, 1.165) is 4.90 Å².